The molecule has 0 aromatic rings. The molecule has 2 aliphatic rings. The molecule has 2 heteroatoms. The van der Waals surface area contributed by atoms with E-state index >= 15 is 0 Å². The van der Waals surface area contributed by atoms with Gasteiger partial charge in [0.2, 0.25) is 0 Å². The van der Waals surface area contributed by atoms with Crippen LogP contribution in [0.1, 0.15) is 26.2 Å². The summed E-state index contributed by atoms with van der Waals surface area (Å²) in [5.74, 6) is 0. The topological polar surface area (TPSA) is 26.0 Å². The van der Waals surface area contributed by atoms with Gasteiger partial charge in [0, 0.05) is 15.7 Å². The first-order valence-electron chi connectivity index (χ1n) is 3.87. The maximum absolute atomic E-state index is 6.02. The highest BCUT2D eigenvalue weighted by Crippen LogP contribution is 2.49. The maximum atomic E-state index is 6.02. The predicted octanol–water partition coefficient (Wildman–Crippen LogP) is 1.89. The van der Waals surface area contributed by atoms with E-state index in [2.05, 4.69) is 13.0 Å². The zero-order valence-electron chi connectivity index (χ0n) is 6.26. The molecule has 0 radical (unpaired) electrons. The summed E-state index contributed by atoms with van der Waals surface area (Å²) in [6.07, 6.45) is 5.96. The minimum Gasteiger partial charge on any atom is -0.321 e. The fourth-order valence-electron chi connectivity index (χ4n) is 1.29. The molecule has 0 amide bonds. The first-order valence-corrected chi connectivity index (χ1v) is 4.75. The molecule has 1 atom stereocenters. The van der Waals surface area contributed by atoms with Gasteiger partial charge in [0.1, 0.15) is 0 Å². The number of thioether (sulfide) groups is 1. The van der Waals surface area contributed by atoms with Crippen molar-refractivity contribution in [3.05, 3.63) is 11.0 Å². The van der Waals surface area contributed by atoms with Crippen LogP contribution < -0.4 is 5.73 Å². The van der Waals surface area contributed by atoms with Gasteiger partial charge in [-0.3, -0.25) is 0 Å². The molecule has 0 aromatic carbocycles. The summed E-state index contributed by atoms with van der Waals surface area (Å²) in [5.41, 5.74) is 6.16. The van der Waals surface area contributed by atoms with Gasteiger partial charge in [-0.15, -0.1) is 11.8 Å². The molecule has 0 spiro atoms. The normalized spacial score (nSPS) is 35.8. The summed E-state index contributed by atoms with van der Waals surface area (Å²) in [4.78, 5) is 1.46. The Kier molecular flexibility index (Phi) is 1.36. The molecule has 1 aliphatic heterocycles. The number of nitrogens with two attached hydrogens (primary N) is 1. The third-order valence-electron chi connectivity index (χ3n) is 2.24. The minimum absolute atomic E-state index is 0.134. The minimum atomic E-state index is 0.134. The van der Waals surface area contributed by atoms with Gasteiger partial charge in [-0.1, -0.05) is 13.0 Å². The molecule has 1 saturated carbocycles. The summed E-state index contributed by atoms with van der Waals surface area (Å²) in [6, 6.07) is 0. The van der Waals surface area contributed by atoms with Crippen LogP contribution in [-0.4, -0.2) is 10.8 Å². The quantitative estimate of drug-likeness (QED) is 0.625. The Labute approximate surface area is 66.1 Å². The van der Waals surface area contributed by atoms with Crippen molar-refractivity contribution in [3.8, 4) is 0 Å². The molecule has 1 fully saturated rings. The second-order valence-electron chi connectivity index (χ2n) is 3.39. The number of allylic oxidation sites excluding steroid dienone is 1. The van der Waals surface area contributed by atoms with Crippen molar-refractivity contribution in [1.29, 1.82) is 0 Å². The van der Waals surface area contributed by atoms with Crippen molar-refractivity contribution in [2.75, 3.05) is 0 Å². The lowest BCUT2D eigenvalue weighted by Crippen LogP contribution is -2.22. The second-order valence-corrected chi connectivity index (χ2v) is 4.87. The molecule has 0 bridgehead atoms. The zero-order chi connectivity index (χ0) is 7.19. The van der Waals surface area contributed by atoms with Gasteiger partial charge in [0.25, 0.3) is 0 Å². The Morgan fingerprint density at radius 3 is 2.80 bits per heavy atom. The average molecular weight is 155 g/mol. The number of hydrogen-bond acceptors (Lipinski definition) is 2. The Morgan fingerprint density at radius 1 is 1.70 bits per heavy atom. The monoisotopic (exact) mass is 155 g/mol. The zero-order valence-corrected chi connectivity index (χ0v) is 7.08. The van der Waals surface area contributed by atoms with E-state index in [9.17, 15) is 0 Å². The highest BCUT2D eigenvalue weighted by Gasteiger charge is 2.43. The van der Waals surface area contributed by atoms with E-state index in [1.807, 2.05) is 11.8 Å². The van der Waals surface area contributed by atoms with Gasteiger partial charge in [-0.25, -0.2) is 0 Å². The van der Waals surface area contributed by atoms with Crippen LogP contribution in [0.15, 0.2) is 11.0 Å². The molecule has 1 aliphatic carbocycles. The van der Waals surface area contributed by atoms with Gasteiger partial charge < -0.3 is 5.73 Å². The Morgan fingerprint density at radius 2 is 2.40 bits per heavy atom. The molecule has 2 rings (SSSR count). The summed E-state index contributed by atoms with van der Waals surface area (Å²) in [6.45, 7) is 2.26. The summed E-state index contributed by atoms with van der Waals surface area (Å²) < 4.78 is 0. The molecule has 0 aromatic heterocycles. The molecule has 0 saturated heterocycles. The van der Waals surface area contributed by atoms with E-state index in [0.29, 0.717) is 0 Å². The van der Waals surface area contributed by atoms with Gasteiger partial charge in [-0.2, -0.15) is 0 Å². The van der Waals surface area contributed by atoms with Crippen molar-refractivity contribution < 1.29 is 0 Å². The molecule has 1 unspecified atom stereocenters. The first kappa shape index (κ1) is 6.74. The summed E-state index contributed by atoms with van der Waals surface area (Å²) in [7, 11) is 0. The molecular formula is C8H13NS. The molecule has 1 heterocycles. The van der Waals surface area contributed by atoms with E-state index in [1.165, 1.54) is 24.2 Å². The van der Waals surface area contributed by atoms with E-state index in [-0.39, 0.29) is 5.54 Å². The largest absolute Gasteiger partial charge is 0.321 e. The van der Waals surface area contributed by atoms with Crippen molar-refractivity contribution in [1.82, 2.24) is 0 Å². The predicted molar refractivity (Wildman–Crippen MR) is 45.9 cm³/mol. The maximum Gasteiger partial charge on any atom is 0.0467 e. The van der Waals surface area contributed by atoms with Crippen molar-refractivity contribution in [2.24, 2.45) is 5.73 Å². The molecular weight excluding hydrogens is 142 g/mol. The van der Waals surface area contributed by atoms with Crippen LogP contribution in [0.4, 0.5) is 0 Å². The second kappa shape index (κ2) is 2.02. The lowest BCUT2D eigenvalue weighted by Gasteiger charge is -2.09. The SMILES string of the molecule is CC1CC=C(C2(N)CC2)S1. The van der Waals surface area contributed by atoms with Crippen LogP contribution in [-0.2, 0) is 0 Å². The van der Waals surface area contributed by atoms with E-state index in [0.717, 1.165) is 5.25 Å². The van der Waals surface area contributed by atoms with Crippen LogP contribution in [0.2, 0.25) is 0 Å². The van der Waals surface area contributed by atoms with Gasteiger partial charge in [-0.05, 0) is 19.3 Å². The van der Waals surface area contributed by atoms with E-state index in [4.69, 9.17) is 5.73 Å². The van der Waals surface area contributed by atoms with Crippen LogP contribution in [0.3, 0.4) is 0 Å². The van der Waals surface area contributed by atoms with Crippen LogP contribution >= 0.6 is 11.8 Å². The fourth-order valence-corrected chi connectivity index (χ4v) is 2.54. The van der Waals surface area contributed by atoms with Gasteiger partial charge >= 0.3 is 0 Å². The molecule has 56 valence electrons. The van der Waals surface area contributed by atoms with Crippen LogP contribution in [0.5, 0.6) is 0 Å². The van der Waals surface area contributed by atoms with Gasteiger partial charge in [0.15, 0.2) is 0 Å². The fraction of sp³-hybridized carbons (Fsp3) is 0.750. The Balaban J connectivity index is 2.07. The lowest BCUT2D eigenvalue weighted by atomic mass is 10.2. The Hall–Kier alpha value is 0.0500. The lowest BCUT2D eigenvalue weighted by molar-refractivity contribution is 0.840. The smallest absolute Gasteiger partial charge is 0.0467 e. The third-order valence-corrected chi connectivity index (χ3v) is 3.66. The standard InChI is InChI=1S/C8H13NS/c1-6-2-3-7(10-6)8(9)4-5-8/h3,6H,2,4-5,9H2,1H3. The first-order chi connectivity index (χ1) is 4.71. The van der Waals surface area contributed by atoms with Crippen molar-refractivity contribution >= 4 is 11.8 Å². The average Bonchev–Trinajstić information content (AvgIpc) is 2.45. The van der Waals surface area contributed by atoms with Crippen molar-refractivity contribution in [3.63, 3.8) is 0 Å². The van der Waals surface area contributed by atoms with Crippen molar-refractivity contribution in [2.45, 2.75) is 37.0 Å². The molecule has 10 heavy (non-hydrogen) atoms. The molecule has 1 nitrogen and oxygen atoms in total. The highest BCUT2D eigenvalue weighted by molar-refractivity contribution is 8.04. The highest BCUT2D eigenvalue weighted by atomic mass is 32.2. The van der Waals surface area contributed by atoms with E-state index < -0.39 is 0 Å². The van der Waals surface area contributed by atoms with Crippen LogP contribution in [0.25, 0.3) is 0 Å². The van der Waals surface area contributed by atoms with Crippen LogP contribution in [0, 0.1) is 0 Å². The molecule has 2 N–H and O–H groups in total. The Bertz CT molecular complexity index is 182. The third kappa shape index (κ3) is 0.995. The number of rotatable bonds is 1. The van der Waals surface area contributed by atoms with Gasteiger partial charge in [0.05, 0.1) is 0 Å². The summed E-state index contributed by atoms with van der Waals surface area (Å²) >= 11 is 1.97. The number of hydrogen-bond donors (Lipinski definition) is 1. The van der Waals surface area contributed by atoms with E-state index in [1.54, 1.807) is 0 Å². The summed E-state index contributed by atoms with van der Waals surface area (Å²) in [5, 5.41) is 0.774.